The predicted molar refractivity (Wildman–Crippen MR) is 233 cm³/mol. The number of hydrogen-bond acceptors (Lipinski definition) is 10. The summed E-state index contributed by atoms with van der Waals surface area (Å²) in [5.74, 6) is -2.24. The first-order valence-corrected chi connectivity index (χ1v) is 20.5. The Morgan fingerprint density at radius 2 is 1.05 bits per heavy atom. The van der Waals surface area contributed by atoms with Crippen LogP contribution < -0.4 is 0 Å². The molecule has 0 radical (unpaired) electrons. The van der Waals surface area contributed by atoms with E-state index in [2.05, 4.69) is 47.9 Å². The number of aromatic nitrogens is 6. The summed E-state index contributed by atoms with van der Waals surface area (Å²) in [5.41, 5.74) is 2.71. The van der Waals surface area contributed by atoms with Gasteiger partial charge in [-0.15, -0.1) is 0 Å². The molecule has 0 saturated carbocycles. The van der Waals surface area contributed by atoms with Gasteiger partial charge in [0.15, 0.2) is 0 Å². The number of rotatable bonds is 7. The van der Waals surface area contributed by atoms with Crippen LogP contribution in [0.25, 0.3) is 5.69 Å². The minimum atomic E-state index is -0.560. The highest BCUT2D eigenvalue weighted by Gasteiger charge is 2.35. The van der Waals surface area contributed by atoms with Crippen LogP contribution in [0, 0.1) is 3.57 Å². The van der Waals surface area contributed by atoms with Crippen LogP contribution >= 0.6 is 22.6 Å². The fourth-order valence-corrected chi connectivity index (χ4v) is 7.16. The van der Waals surface area contributed by atoms with E-state index in [9.17, 15) is 28.8 Å². The van der Waals surface area contributed by atoms with E-state index in [1.165, 1.54) is 19.0 Å². The van der Waals surface area contributed by atoms with Gasteiger partial charge in [-0.3, -0.25) is 33.9 Å². The van der Waals surface area contributed by atoms with Crippen LogP contribution in [0.4, 0.5) is 0 Å². The number of nitrogens with one attached hydrogen (secondary N) is 1. The summed E-state index contributed by atoms with van der Waals surface area (Å²) in [4.78, 5) is 89.8. The Bertz CT molecular complexity index is 2380. The summed E-state index contributed by atoms with van der Waals surface area (Å²) in [7, 11) is 0. The van der Waals surface area contributed by atoms with Crippen molar-refractivity contribution in [3.8, 4) is 5.69 Å². The molecule has 0 aliphatic carbocycles. The van der Waals surface area contributed by atoms with Gasteiger partial charge in [0, 0.05) is 77.2 Å². The van der Waals surface area contributed by atoms with Crippen molar-refractivity contribution in [3.63, 3.8) is 0 Å². The summed E-state index contributed by atoms with van der Waals surface area (Å²) < 4.78 is 2.58. The lowest BCUT2D eigenvalue weighted by Gasteiger charge is -2.39. The Morgan fingerprint density at radius 1 is 0.574 bits per heavy atom. The molecule has 2 aromatic heterocycles. The lowest BCUT2D eigenvalue weighted by Crippen LogP contribution is -2.56. The molecule has 0 spiro atoms. The van der Waals surface area contributed by atoms with Gasteiger partial charge in [-0.2, -0.15) is 10.2 Å². The van der Waals surface area contributed by atoms with Crippen LogP contribution in [0.5, 0.6) is 0 Å². The van der Waals surface area contributed by atoms with Crippen molar-refractivity contribution in [3.05, 3.63) is 160 Å². The third-order valence-corrected chi connectivity index (χ3v) is 10.8. The summed E-state index contributed by atoms with van der Waals surface area (Å²) in [6.45, 7) is 6.01. The van der Waals surface area contributed by atoms with Crippen LogP contribution in [0.15, 0.2) is 135 Å². The summed E-state index contributed by atoms with van der Waals surface area (Å²) >= 11 is 2.15. The highest BCUT2D eigenvalue weighted by molar-refractivity contribution is 14.1. The maximum Gasteiger partial charge on any atom is 0.295 e. The SMILES string of the molecule is CC1CN(C(=O)c2ccccc2)CCN1C(=O)C(=O)c1ccc(-n2cncn2)cc1.CC1CN(C(=O)c2ccccc2)CCN1C(=O)C(=O)c1ccc(I)cc1.c1nc[nH]n1. The second kappa shape index (κ2) is 20.9. The van der Waals surface area contributed by atoms with E-state index in [0.29, 0.717) is 61.5 Å². The number of H-pyrrole nitrogens is 1. The van der Waals surface area contributed by atoms with Crippen molar-refractivity contribution in [2.75, 3.05) is 39.3 Å². The third kappa shape index (κ3) is 11.2. The number of halogens is 1. The molecule has 16 nitrogen and oxygen atoms in total. The lowest BCUT2D eigenvalue weighted by atomic mass is 10.1. The van der Waals surface area contributed by atoms with E-state index in [1.807, 2.05) is 50.2 Å². The minimum Gasteiger partial charge on any atom is -0.335 e. The van der Waals surface area contributed by atoms with Crippen molar-refractivity contribution in [2.24, 2.45) is 0 Å². The zero-order valence-electron chi connectivity index (χ0n) is 33.5. The van der Waals surface area contributed by atoms with Gasteiger partial charge in [-0.25, -0.2) is 14.6 Å². The summed E-state index contributed by atoms with van der Waals surface area (Å²) in [6, 6.07) is 31.3. The first kappa shape index (κ1) is 43.7. The van der Waals surface area contributed by atoms with Crippen LogP contribution in [0.3, 0.4) is 0 Å². The summed E-state index contributed by atoms with van der Waals surface area (Å²) in [5, 5.41) is 10.0. The second-order valence-electron chi connectivity index (χ2n) is 14.1. The van der Waals surface area contributed by atoms with Gasteiger partial charge in [0.1, 0.15) is 25.3 Å². The van der Waals surface area contributed by atoms with Gasteiger partial charge in [0.2, 0.25) is 11.6 Å². The van der Waals surface area contributed by atoms with E-state index in [4.69, 9.17) is 0 Å². The fraction of sp³-hybridized carbons (Fsp3) is 0.227. The molecule has 2 aliphatic rings. The van der Waals surface area contributed by atoms with Crippen LogP contribution in [-0.2, 0) is 9.59 Å². The number of benzene rings is 4. The number of hydrogen-bond donors (Lipinski definition) is 1. The van der Waals surface area contributed by atoms with E-state index in [0.717, 1.165) is 9.26 Å². The van der Waals surface area contributed by atoms with E-state index in [-0.39, 0.29) is 23.9 Å². The number of nitrogens with zero attached hydrogens (tertiary/aromatic N) is 9. The van der Waals surface area contributed by atoms with Crippen molar-refractivity contribution in [1.29, 1.82) is 0 Å². The van der Waals surface area contributed by atoms with Crippen LogP contribution in [-0.4, -0.2) is 136 Å². The Kier molecular flexibility index (Phi) is 15.0. The van der Waals surface area contributed by atoms with Crippen LogP contribution in [0.2, 0.25) is 0 Å². The first-order valence-electron chi connectivity index (χ1n) is 19.4. The zero-order chi connectivity index (χ0) is 43.3. The van der Waals surface area contributed by atoms with E-state index in [1.54, 1.807) is 103 Å². The van der Waals surface area contributed by atoms with Crippen molar-refractivity contribution in [2.45, 2.75) is 25.9 Å². The Morgan fingerprint density at radius 3 is 1.43 bits per heavy atom. The average molecular weight is 935 g/mol. The first-order chi connectivity index (χ1) is 29.5. The van der Waals surface area contributed by atoms with E-state index < -0.39 is 23.4 Å². The minimum absolute atomic E-state index is 0.0477. The molecule has 2 saturated heterocycles. The molecule has 2 fully saturated rings. The number of carbonyl (C=O) groups excluding carboxylic acids is 6. The monoisotopic (exact) mass is 934 g/mol. The molecule has 312 valence electrons. The molecule has 4 aromatic carbocycles. The average Bonchev–Trinajstić information content (AvgIpc) is 4.08. The number of ketones is 2. The van der Waals surface area contributed by atoms with Crippen LogP contribution in [0.1, 0.15) is 55.3 Å². The molecule has 61 heavy (non-hydrogen) atoms. The highest BCUT2D eigenvalue weighted by atomic mass is 127. The predicted octanol–water partition coefficient (Wildman–Crippen LogP) is 4.47. The van der Waals surface area contributed by atoms with E-state index >= 15 is 0 Å². The molecule has 2 aliphatic heterocycles. The van der Waals surface area contributed by atoms with Crippen molar-refractivity contribution >= 4 is 57.8 Å². The molecule has 2 unspecified atom stereocenters. The molecule has 6 aromatic rings. The normalized spacial score (nSPS) is 16.0. The maximum absolute atomic E-state index is 12.8. The highest BCUT2D eigenvalue weighted by Crippen LogP contribution is 2.18. The maximum atomic E-state index is 12.8. The standard InChI is InChI=1S/C22H21N5O3.C20H19IN2O3.C2H3N3/c1-16-13-25(21(29)18-5-3-2-4-6-18)11-12-26(16)22(30)20(28)17-7-9-19(10-8-17)27-15-23-14-24-27;1-14-13-22(19(25)16-5-3-2-4-6-16)11-12-23(14)20(26)18(24)15-7-9-17(21)10-8-15;1-3-2-5-4-1/h2-10,14-16H,11-13H2,1H3;2-10,14H,11-13H2,1H3;1-2H,(H,3,4,5). The molecule has 4 heterocycles. The Labute approximate surface area is 365 Å². The number of carbonyl (C=O) groups is 6. The van der Waals surface area contributed by atoms with Gasteiger partial charge >= 0.3 is 0 Å². The topological polar surface area (TPSA) is 188 Å². The molecule has 0 bridgehead atoms. The van der Waals surface area contributed by atoms with Gasteiger partial charge < -0.3 is 19.6 Å². The van der Waals surface area contributed by atoms with Gasteiger partial charge in [0.05, 0.1) is 5.69 Å². The number of amides is 4. The molecule has 8 rings (SSSR count). The second-order valence-corrected chi connectivity index (χ2v) is 15.4. The lowest BCUT2D eigenvalue weighted by molar-refractivity contribution is -0.130. The molecule has 1 N–H and O–H groups in total. The summed E-state index contributed by atoms with van der Waals surface area (Å²) in [6.07, 6.45) is 5.94. The molecule has 4 amide bonds. The van der Waals surface area contributed by atoms with Gasteiger partial charge in [-0.1, -0.05) is 36.4 Å². The van der Waals surface area contributed by atoms with Gasteiger partial charge in [-0.05, 0) is 109 Å². The van der Waals surface area contributed by atoms with Crippen molar-refractivity contribution in [1.82, 2.24) is 49.5 Å². The number of piperazine rings is 2. The van der Waals surface area contributed by atoms with Crippen molar-refractivity contribution < 1.29 is 28.8 Å². The molecule has 2 atom stereocenters. The fourth-order valence-electron chi connectivity index (χ4n) is 6.80. The molecular formula is C44H43IN10O6. The number of Topliss-reactive ketones (excluding diaryl/α,β-unsaturated/α-hetero) is 2. The van der Waals surface area contributed by atoms with Gasteiger partial charge in [0.25, 0.3) is 23.6 Å². The quantitative estimate of drug-likeness (QED) is 0.136. The smallest absolute Gasteiger partial charge is 0.295 e. The largest absolute Gasteiger partial charge is 0.335 e. The Hall–Kier alpha value is -6.89. The molecular weight excluding hydrogens is 891 g/mol. The zero-order valence-corrected chi connectivity index (χ0v) is 35.6. The number of aromatic amines is 1. The third-order valence-electron chi connectivity index (χ3n) is 10.0. The molecule has 17 heteroatoms. The Balaban J connectivity index is 0.000000184.